The molecule has 0 heterocycles. The van der Waals surface area contributed by atoms with Crippen molar-refractivity contribution < 1.29 is 14.6 Å². The molecular formula is C17H27NO3. The van der Waals surface area contributed by atoms with Gasteiger partial charge < -0.3 is 15.2 Å². The Bertz CT molecular complexity index is 430. The van der Waals surface area contributed by atoms with Gasteiger partial charge in [0.05, 0.1) is 6.61 Å². The zero-order valence-corrected chi connectivity index (χ0v) is 13.3. The lowest BCUT2D eigenvalue weighted by atomic mass is 9.95. The second-order valence-electron chi connectivity index (χ2n) is 5.47. The van der Waals surface area contributed by atoms with Crippen molar-refractivity contribution in [1.29, 1.82) is 0 Å². The summed E-state index contributed by atoms with van der Waals surface area (Å²) in [6.07, 6.45) is 3.30. The first-order chi connectivity index (χ1) is 10.0. The van der Waals surface area contributed by atoms with Crippen LogP contribution >= 0.6 is 0 Å². The average molecular weight is 293 g/mol. The Labute approximate surface area is 127 Å². The van der Waals surface area contributed by atoms with Gasteiger partial charge in [0.15, 0.2) is 0 Å². The van der Waals surface area contributed by atoms with Crippen LogP contribution in [-0.4, -0.2) is 29.8 Å². The van der Waals surface area contributed by atoms with Crippen molar-refractivity contribution in [3.8, 4) is 5.75 Å². The number of hydrogen-bond donors (Lipinski definition) is 2. The molecule has 1 aromatic carbocycles. The Balaban J connectivity index is 2.28. The first-order valence-electron chi connectivity index (χ1n) is 7.72. The number of unbranched alkanes of at least 4 members (excludes halogenated alkanes) is 1. The van der Waals surface area contributed by atoms with Crippen LogP contribution in [0.2, 0.25) is 0 Å². The van der Waals surface area contributed by atoms with Crippen LogP contribution in [0.15, 0.2) is 24.3 Å². The van der Waals surface area contributed by atoms with Gasteiger partial charge in [0.25, 0.3) is 0 Å². The average Bonchev–Trinajstić information content (AvgIpc) is 2.47. The maximum absolute atomic E-state index is 11.3. The van der Waals surface area contributed by atoms with Gasteiger partial charge in [-0.15, -0.1) is 0 Å². The first kappa shape index (κ1) is 17.5. The summed E-state index contributed by atoms with van der Waals surface area (Å²) in [7, 11) is 0. The monoisotopic (exact) mass is 293 g/mol. The first-order valence-corrected chi connectivity index (χ1v) is 7.72. The molecule has 0 fully saturated rings. The van der Waals surface area contributed by atoms with E-state index in [-0.39, 0.29) is 0 Å². The van der Waals surface area contributed by atoms with Crippen LogP contribution in [-0.2, 0) is 11.2 Å². The summed E-state index contributed by atoms with van der Waals surface area (Å²) in [5, 5.41) is 12.3. The smallest absolute Gasteiger partial charge is 0.323 e. The van der Waals surface area contributed by atoms with Crippen LogP contribution in [0, 0.1) is 0 Å². The van der Waals surface area contributed by atoms with E-state index in [1.807, 2.05) is 19.1 Å². The van der Waals surface area contributed by atoms with Crippen molar-refractivity contribution in [3.63, 3.8) is 0 Å². The zero-order valence-electron chi connectivity index (χ0n) is 13.3. The van der Waals surface area contributed by atoms with Gasteiger partial charge >= 0.3 is 5.97 Å². The molecule has 4 nitrogen and oxygen atoms in total. The quantitative estimate of drug-likeness (QED) is 0.650. The lowest BCUT2D eigenvalue weighted by Gasteiger charge is -2.25. The molecule has 0 amide bonds. The normalized spacial score (nSPS) is 13.7. The molecule has 1 aromatic rings. The Morgan fingerprint density at radius 2 is 1.90 bits per heavy atom. The Kier molecular flexibility index (Phi) is 7.23. The maximum Gasteiger partial charge on any atom is 0.323 e. The van der Waals surface area contributed by atoms with E-state index in [1.165, 1.54) is 5.56 Å². The number of ether oxygens (including phenoxy) is 1. The van der Waals surface area contributed by atoms with E-state index < -0.39 is 11.5 Å². The molecule has 0 aliphatic carbocycles. The third-order valence-corrected chi connectivity index (χ3v) is 3.71. The van der Waals surface area contributed by atoms with Crippen molar-refractivity contribution in [3.05, 3.63) is 29.8 Å². The molecule has 0 aliphatic rings. The van der Waals surface area contributed by atoms with Crippen LogP contribution < -0.4 is 10.1 Å². The predicted octanol–water partition coefficient (Wildman–Crippen LogP) is 3.25. The molecule has 1 rings (SSSR count). The second-order valence-corrected chi connectivity index (χ2v) is 5.47. The molecule has 0 aliphatic heterocycles. The number of nitrogens with one attached hydrogen (secondary N) is 1. The van der Waals surface area contributed by atoms with Crippen LogP contribution in [0.5, 0.6) is 5.75 Å². The molecule has 0 saturated carbocycles. The van der Waals surface area contributed by atoms with E-state index in [4.69, 9.17) is 4.74 Å². The highest BCUT2D eigenvalue weighted by atomic mass is 16.5. The predicted molar refractivity (Wildman–Crippen MR) is 84.9 cm³/mol. The SMILES string of the molecule is CCNC(C)(CCCCOc1ccc(CC)cc1)C(=O)O. The van der Waals surface area contributed by atoms with E-state index in [2.05, 4.69) is 24.4 Å². The minimum Gasteiger partial charge on any atom is -0.494 e. The summed E-state index contributed by atoms with van der Waals surface area (Å²) in [4.78, 5) is 11.3. The standard InChI is InChI=1S/C17H27NO3/c1-4-14-8-10-15(11-9-14)21-13-7-6-12-17(3,16(19)20)18-5-2/h8-11,18H,4-7,12-13H2,1-3H3,(H,19,20). The summed E-state index contributed by atoms with van der Waals surface area (Å²) in [5.41, 5.74) is 0.461. The molecular weight excluding hydrogens is 266 g/mol. The van der Waals surface area contributed by atoms with Gasteiger partial charge in [-0.2, -0.15) is 0 Å². The minimum absolute atomic E-state index is 0.605. The van der Waals surface area contributed by atoms with Crippen molar-refractivity contribution in [2.24, 2.45) is 0 Å². The van der Waals surface area contributed by atoms with Crippen LogP contribution in [0.4, 0.5) is 0 Å². The molecule has 0 aromatic heterocycles. The van der Waals surface area contributed by atoms with E-state index in [0.29, 0.717) is 19.6 Å². The third kappa shape index (κ3) is 5.76. The molecule has 0 bridgehead atoms. The minimum atomic E-state index is -0.836. The summed E-state index contributed by atoms with van der Waals surface area (Å²) >= 11 is 0. The van der Waals surface area contributed by atoms with Crippen molar-refractivity contribution in [2.75, 3.05) is 13.2 Å². The van der Waals surface area contributed by atoms with E-state index >= 15 is 0 Å². The van der Waals surface area contributed by atoms with Crippen molar-refractivity contribution in [1.82, 2.24) is 5.32 Å². The number of carboxylic acids is 1. The number of hydrogen-bond acceptors (Lipinski definition) is 3. The molecule has 118 valence electrons. The highest BCUT2D eigenvalue weighted by Gasteiger charge is 2.30. The van der Waals surface area contributed by atoms with Crippen molar-refractivity contribution >= 4 is 5.97 Å². The molecule has 0 radical (unpaired) electrons. The molecule has 1 unspecified atom stereocenters. The summed E-state index contributed by atoms with van der Waals surface area (Å²) in [6, 6.07) is 8.11. The van der Waals surface area contributed by atoms with Crippen LogP contribution in [0.3, 0.4) is 0 Å². The van der Waals surface area contributed by atoms with Gasteiger partial charge in [-0.25, -0.2) is 0 Å². The zero-order chi connectivity index (χ0) is 15.7. The van der Waals surface area contributed by atoms with Gasteiger partial charge in [0.2, 0.25) is 0 Å². The lowest BCUT2D eigenvalue weighted by Crippen LogP contribution is -2.49. The summed E-state index contributed by atoms with van der Waals surface area (Å²) in [6.45, 7) is 7.06. The van der Waals surface area contributed by atoms with E-state index in [9.17, 15) is 9.90 Å². The highest BCUT2D eigenvalue weighted by Crippen LogP contribution is 2.16. The second kappa shape index (κ2) is 8.67. The fourth-order valence-electron chi connectivity index (χ4n) is 2.25. The number of likely N-dealkylation sites (N-methyl/N-ethyl adjacent to an activating group) is 1. The number of carbonyl (C=O) groups is 1. The van der Waals surface area contributed by atoms with Gasteiger partial charge in [0, 0.05) is 0 Å². The number of carboxylic acid groups (broad SMARTS) is 1. The van der Waals surface area contributed by atoms with Crippen molar-refractivity contribution in [2.45, 2.75) is 52.0 Å². The van der Waals surface area contributed by atoms with Gasteiger partial charge in [-0.1, -0.05) is 26.0 Å². The number of rotatable bonds is 10. The Morgan fingerprint density at radius 1 is 1.24 bits per heavy atom. The summed E-state index contributed by atoms with van der Waals surface area (Å²) < 4.78 is 5.67. The Morgan fingerprint density at radius 3 is 2.43 bits per heavy atom. The van der Waals surface area contributed by atoms with Gasteiger partial charge in [0.1, 0.15) is 11.3 Å². The molecule has 2 N–H and O–H groups in total. The van der Waals surface area contributed by atoms with Crippen LogP contribution in [0.25, 0.3) is 0 Å². The fraction of sp³-hybridized carbons (Fsp3) is 0.588. The lowest BCUT2D eigenvalue weighted by molar-refractivity contribution is -0.144. The molecule has 21 heavy (non-hydrogen) atoms. The molecule has 0 spiro atoms. The molecule has 4 heteroatoms. The number of aliphatic carboxylic acids is 1. The van der Waals surface area contributed by atoms with E-state index in [1.54, 1.807) is 6.92 Å². The molecule has 0 saturated heterocycles. The largest absolute Gasteiger partial charge is 0.494 e. The van der Waals surface area contributed by atoms with E-state index in [0.717, 1.165) is 25.0 Å². The van der Waals surface area contributed by atoms with Crippen LogP contribution in [0.1, 0.15) is 45.6 Å². The fourth-order valence-corrected chi connectivity index (χ4v) is 2.25. The topological polar surface area (TPSA) is 58.6 Å². The Hall–Kier alpha value is -1.55. The van der Waals surface area contributed by atoms with Gasteiger partial charge in [-0.3, -0.25) is 4.79 Å². The maximum atomic E-state index is 11.3. The third-order valence-electron chi connectivity index (χ3n) is 3.71. The summed E-state index contributed by atoms with van der Waals surface area (Å²) in [5.74, 6) is 0.0836. The number of aryl methyl sites for hydroxylation is 1. The highest BCUT2D eigenvalue weighted by molar-refractivity contribution is 5.78. The number of benzene rings is 1. The van der Waals surface area contributed by atoms with Gasteiger partial charge in [-0.05, 0) is 56.8 Å². The molecule has 1 atom stereocenters.